The summed E-state index contributed by atoms with van der Waals surface area (Å²) in [6, 6.07) is 4.68. The molecule has 0 heterocycles. The molecule has 0 atom stereocenters. The van der Waals surface area contributed by atoms with Crippen LogP contribution < -0.4 is 0 Å². The van der Waals surface area contributed by atoms with Crippen LogP contribution in [0.25, 0.3) is 0 Å². The van der Waals surface area contributed by atoms with Gasteiger partial charge in [0.1, 0.15) is 0 Å². The van der Waals surface area contributed by atoms with Crippen molar-refractivity contribution in [2.75, 3.05) is 7.11 Å². The summed E-state index contributed by atoms with van der Waals surface area (Å²) in [5.74, 6) is 0.0229. The lowest BCUT2D eigenvalue weighted by molar-refractivity contribution is -0.137. The third kappa shape index (κ3) is 3.27. The first-order chi connectivity index (χ1) is 6.93. The normalized spacial score (nSPS) is 11.2. The molecule has 5 heteroatoms. The second-order valence-electron chi connectivity index (χ2n) is 3.00. The molecular weight excluding hydrogens is 207 g/mol. The van der Waals surface area contributed by atoms with Gasteiger partial charge in [-0.3, -0.25) is 5.41 Å². The third-order valence-corrected chi connectivity index (χ3v) is 1.89. The first-order valence-corrected chi connectivity index (χ1v) is 4.21. The van der Waals surface area contributed by atoms with Crippen LogP contribution in [0.4, 0.5) is 13.2 Å². The smallest absolute Gasteiger partial charge is 0.416 e. The molecule has 0 amide bonds. The maximum absolute atomic E-state index is 12.2. The van der Waals surface area contributed by atoms with Gasteiger partial charge in [-0.25, -0.2) is 0 Å². The van der Waals surface area contributed by atoms with E-state index < -0.39 is 11.7 Å². The largest absolute Gasteiger partial charge is 0.484 e. The average Bonchev–Trinajstić information content (AvgIpc) is 2.17. The molecule has 0 bridgehead atoms. The van der Waals surface area contributed by atoms with Gasteiger partial charge < -0.3 is 4.74 Å². The topological polar surface area (TPSA) is 33.1 Å². The fraction of sp³-hybridized carbons (Fsp3) is 0.300. The number of methoxy groups -OCH3 is 1. The molecule has 0 aliphatic heterocycles. The summed E-state index contributed by atoms with van der Waals surface area (Å²) in [6.45, 7) is 0. The van der Waals surface area contributed by atoms with Gasteiger partial charge in [-0.1, -0.05) is 12.1 Å². The van der Waals surface area contributed by atoms with Crippen molar-refractivity contribution in [2.24, 2.45) is 0 Å². The Bertz CT molecular complexity index is 343. The minimum Gasteiger partial charge on any atom is -0.484 e. The van der Waals surface area contributed by atoms with Crippen LogP contribution in [0.5, 0.6) is 0 Å². The molecule has 1 N–H and O–H groups in total. The van der Waals surface area contributed by atoms with E-state index in [0.717, 1.165) is 12.1 Å². The van der Waals surface area contributed by atoms with Gasteiger partial charge in [0.05, 0.1) is 12.7 Å². The quantitative estimate of drug-likeness (QED) is 0.599. The van der Waals surface area contributed by atoms with E-state index >= 15 is 0 Å². The Balaban J connectivity index is 2.77. The highest BCUT2D eigenvalue weighted by molar-refractivity contribution is 5.75. The number of hydrogen-bond donors (Lipinski definition) is 1. The van der Waals surface area contributed by atoms with Crippen LogP contribution in [0.15, 0.2) is 24.3 Å². The van der Waals surface area contributed by atoms with Crippen molar-refractivity contribution in [3.63, 3.8) is 0 Å². The summed E-state index contributed by atoms with van der Waals surface area (Å²) in [6.07, 6.45) is -4.11. The van der Waals surface area contributed by atoms with Crippen LogP contribution in [0.1, 0.15) is 11.1 Å². The zero-order chi connectivity index (χ0) is 11.5. The summed E-state index contributed by atoms with van der Waals surface area (Å²) < 4.78 is 41.2. The lowest BCUT2D eigenvalue weighted by atomic mass is 10.1. The van der Waals surface area contributed by atoms with E-state index in [0.29, 0.717) is 5.56 Å². The summed E-state index contributed by atoms with van der Waals surface area (Å²) in [7, 11) is 1.35. The van der Waals surface area contributed by atoms with Crippen LogP contribution in [0.2, 0.25) is 0 Å². The fourth-order valence-corrected chi connectivity index (χ4v) is 1.07. The second kappa shape index (κ2) is 4.33. The maximum Gasteiger partial charge on any atom is 0.416 e. The van der Waals surface area contributed by atoms with E-state index in [1.807, 2.05) is 0 Å². The molecule has 0 aliphatic rings. The van der Waals surface area contributed by atoms with Crippen molar-refractivity contribution in [3.05, 3.63) is 35.4 Å². The first kappa shape index (κ1) is 11.6. The molecule has 1 aromatic carbocycles. The molecule has 1 aromatic rings. The van der Waals surface area contributed by atoms with Crippen LogP contribution in [-0.2, 0) is 17.3 Å². The lowest BCUT2D eigenvalue weighted by Crippen LogP contribution is -2.06. The minimum atomic E-state index is -4.31. The van der Waals surface area contributed by atoms with E-state index in [1.54, 1.807) is 0 Å². The van der Waals surface area contributed by atoms with Gasteiger partial charge >= 0.3 is 6.18 Å². The average molecular weight is 217 g/mol. The zero-order valence-corrected chi connectivity index (χ0v) is 8.06. The number of halogens is 3. The number of hydrogen-bond acceptors (Lipinski definition) is 2. The van der Waals surface area contributed by atoms with E-state index in [9.17, 15) is 13.2 Å². The van der Waals surface area contributed by atoms with E-state index in [2.05, 4.69) is 4.74 Å². The number of ether oxygens (including phenoxy) is 1. The molecule has 82 valence electrons. The molecular formula is C10H10F3NO. The SMILES string of the molecule is COC(=N)Cc1ccc(C(F)(F)F)cc1. The Morgan fingerprint density at radius 2 is 1.80 bits per heavy atom. The van der Waals surface area contributed by atoms with Gasteiger partial charge in [0.15, 0.2) is 5.90 Å². The predicted molar refractivity (Wildman–Crippen MR) is 49.9 cm³/mol. The van der Waals surface area contributed by atoms with Gasteiger partial charge in [-0.2, -0.15) is 13.2 Å². The van der Waals surface area contributed by atoms with E-state index in [1.165, 1.54) is 19.2 Å². The van der Waals surface area contributed by atoms with Crippen molar-refractivity contribution in [1.29, 1.82) is 5.41 Å². The highest BCUT2D eigenvalue weighted by Crippen LogP contribution is 2.29. The van der Waals surface area contributed by atoms with Crippen molar-refractivity contribution < 1.29 is 17.9 Å². The van der Waals surface area contributed by atoms with Gasteiger partial charge in [0, 0.05) is 6.42 Å². The lowest BCUT2D eigenvalue weighted by Gasteiger charge is -2.07. The molecule has 15 heavy (non-hydrogen) atoms. The first-order valence-electron chi connectivity index (χ1n) is 4.21. The van der Waals surface area contributed by atoms with Crippen LogP contribution in [0, 0.1) is 5.41 Å². The van der Waals surface area contributed by atoms with Crippen LogP contribution >= 0.6 is 0 Å². The number of rotatable bonds is 2. The fourth-order valence-electron chi connectivity index (χ4n) is 1.07. The van der Waals surface area contributed by atoms with Gasteiger partial charge in [-0.15, -0.1) is 0 Å². The molecule has 0 radical (unpaired) electrons. The van der Waals surface area contributed by atoms with Gasteiger partial charge in [0.2, 0.25) is 0 Å². The molecule has 2 nitrogen and oxygen atoms in total. The van der Waals surface area contributed by atoms with Crippen molar-refractivity contribution >= 4 is 5.90 Å². The number of benzene rings is 1. The third-order valence-electron chi connectivity index (χ3n) is 1.89. The van der Waals surface area contributed by atoms with Gasteiger partial charge in [-0.05, 0) is 17.7 Å². The standard InChI is InChI=1S/C10H10F3NO/c1-15-9(14)6-7-2-4-8(5-3-7)10(11,12)13/h2-5,14H,6H2,1H3. The Hall–Kier alpha value is -1.52. The molecule has 0 aliphatic carbocycles. The van der Waals surface area contributed by atoms with Crippen LogP contribution in [-0.4, -0.2) is 13.0 Å². The maximum atomic E-state index is 12.2. The van der Waals surface area contributed by atoms with Crippen molar-refractivity contribution in [1.82, 2.24) is 0 Å². The predicted octanol–water partition coefficient (Wildman–Crippen LogP) is 2.87. The molecule has 0 saturated carbocycles. The summed E-state index contributed by atoms with van der Waals surface area (Å²) >= 11 is 0. The Morgan fingerprint density at radius 1 is 1.27 bits per heavy atom. The molecule has 0 unspecified atom stereocenters. The summed E-state index contributed by atoms with van der Waals surface area (Å²) in [4.78, 5) is 0. The summed E-state index contributed by atoms with van der Waals surface area (Å²) in [5, 5.41) is 7.21. The number of nitrogens with one attached hydrogen (secondary N) is 1. The monoisotopic (exact) mass is 217 g/mol. The zero-order valence-electron chi connectivity index (χ0n) is 8.06. The van der Waals surface area contributed by atoms with Crippen LogP contribution in [0.3, 0.4) is 0 Å². The van der Waals surface area contributed by atoms with E-state index in [-0.39, 0.29) is 12.3 Å². The molecule has 0 saturated heterocycles. The van der Waals surface area contributed by atoms with Crippen molar-refractivity contribution in [2.45, 2.75) is 12.6 Å². The molecule has 0 spiro atoms. The Morgan fingerprint density at radius 3 is 2.20 bits per heavy atom. The number of alkyl halides is 3. The van der Waals surface area contributed by atoms with Crippen molar-refractivity contribution in [3.8, 4) is 0 Å². The Kier molecular flexibility index (Phi) is 3.34. The summed E-state index contributed by atoms with van der Waals surface area (Å²) in [5.41, 5.74) is -0.0648. The molecule has 0 fully saturated rings. The highest BCUT2D eigenvalue weighted by Gasteiger charge is 2.29. The minimum absolute atomic E-state index is 0.0229. The van der Waals surface area contributed by atoms with E-state index in [4.69, 9.17) is 5.41 Å². The second-order valence-corrected chi connectivity index (χ2v) is 3.00. The molecule has 1 rings (SSSR count). The van der Waals surface area contributed by atoms with Gasteiger partial charge in [0.25, 0.3) is 0 Å². The Labute approximate surface area is 85.2 Å². The highest BCUT2D eigenvalue weighted by atomic mass is 19.4. The molecule has 0 aromatic heterocycles.